The quantitative estimate of drug-likeness (QED) is 0.868. The van der Waals surface area contributed by atoms with Gasteiger partial charge in [0.15, 0.2) is 0 Å². The van der Waals surface area contributed by atoms with Gasteiger partial charge in [0.25, 0.3) is 0 Å². The summed E-state index contributed by atoms with van der Waals surface area (Å²) in [5.41, 5.74) is 0.835. The van der Waals surface area contributed by atoms with Crippen LogP contribution in [0.25, 0.3) is 0 Å². The molecule has 0 unspecified atom stereocenters. The molecule has 0 bridgehead atoms. The lowest BCUT2D eigenvalue weighted by atomic mass is 9.93. The highest BCUT2D eigenvalue weighted by atomic mass is 32.2. The van der Waals surface area contributed by atoms with Gasteiger partial charge in [0.2, 0.25) is 15.9 Å². The standard InChI is InChI=1S/C15H24N4O3S/c1-11(2)23(21,22)18-9-13-6-7-16-19(13)14(10-18)8-15(20)17-12-4-3-5-12/h6-7,11-12,14H,3-5,8-10H2,1-2H3,(H,17,20)/t14-/m1/s1. The first-order valence-corrected chi connectivity index (χ1v) is 9.69. The molecule has 1 amide bonds. The second-order valence-corrected chi connectivity index (χ2v) is 9.20. The Labute approximate surface area is 137 Å². The number of carbonyl (C=O) groups excluding carboxylic acids is 1. The third-order valence-electron chi connectivity index (χ3n) is 4.70. The van der Waals surface area contributed by atoms with E-state index in [4.69, 9.17) is 0 Å². The second-order valence-electron chi connectivity index (χ2n) is 6.71. The Morgan fingerprint density at radius 3 is 2.78 bits per heavy atom. The molecule has 3 rings (SSSR count). The van der Waals surface area contributed by atoms with Crippen molar-refractivity contribution >= 4 is 15.9 Å². The van der Waals surface area contributed by atoms with Crippen molar-refractivity contribution in [2.24, 2.45) is 0 Å². The van der Waals surface area contributed by atoms with Gasteiger partial charge in [0.1, 0.15) is 0 Å². The summed E-state index contributed by atoms with van der Waals surface area (Å²) in [7, 11) is -3.35. The highest BCUT2D eigenvalue weighted by molar-refractivity contribution is 7.89. The van der Waals surface area contributed by atoms with Crippen LogP contribution in [0.1, 0.15) is 51.3 Å². The van der Waals surface area contributed by atoms with Crippen LogP contribution in [-0.4, -0.2) is 46.2 Å². The molecule has 128 valence electrons. The summed E-state index contributed by atoms with van der Waals surface area (Å²) in [6, 6.07) is 1.86. The van der Waals surface area contributed by atoms with Gasteiger partial charge in [-0.25, -0.2) is 8.42 Å². The number of carbonyl (C=O) groups is 1. The van der Waals surface area contributed by atoms with E-state index in [9.17, 15) is 13.2 Å². The van der Waals surface area contributed by atoms with Gasteiger partial charge < -0.3 is 5.32 Å². The van der Waals surface area contributed by atoms with Gasteiger partial charge in [-0.05, 0) is 39.2 Å². The van der Waals surface area contributed by atoms with Gasteiger partial charge in [0.05, 0.1) is 30.0 Å². The molecule has 2 heterocycles. The first-order chi connectivity index (χ1) is 10.9. The minimum absolute atomic E-state index is 0.0232. The number of fused-ring (bicyclic) bond motifs is 1. The first kappa shape index (κ1) is 16.4. The second kappa shape index (κ2) is 6.24. The Kier molecular flexibility index (Phi) is 4.46. The van der Waals surface area contributed by atoms with E-state index in [0.29, 0.717) is 19.1 Å². The van der Waals surface area contributed by atoms with Gasteiger partial charge >= 0.3 is 0 Å². The highest BCUT2D eigenvalue weighted by Crippen LogP contribution is 2.27. The molecule has 1 aromatic heterocycles. The van der Waals surface area contributed by atoms with E-state index in [1.54, 1.807) is 24.7 Å². The van der Waals surface area contributed by atoms with E-state index >= 15 is 0 Å². The zero-order chi connectivity index (χ0) is 16.6. The highest BCUT2D eigenvalue weighted by Gasteiger charge is 2.35. The summed E-state index contributed by atoms with van der Waals surface area (Å²) in [5.74, 6) is -0.0232. The molecule has 7 nitrogen and oxygen atoms in total. The Morgan fingerprint density at radius 1 is 1.43 bits per heavy atom. The summed E-state index contributed by atoms with van der Waals surface area (Å²) in [5, 5.41) is 6.83. The molecule has 1 N–H and O–H groups in total. The Hall–Kier alpha value is -1.41. The Morgan fingerprint density at radius 2 is 2.17 bits per heavy atom. The minimum Gasteiger partial charge on any atom is -0.353 e. The zero-order valence-corrected chi connectivity index (χ0v) is 14.4. The Balaban J connectivity index is 1.75. The average molecular weight is 340 g/mol. The fourth-order valence-corrected chi connectivity index (χ4v) is 4.34. The van der Waals surface area contributed by atoms with E-state index in [2.05, 4.69) is 10.4 Å². The molecule has 8 heteroatoms. The molecule has 1 fully saturated rings. The molecule has 2 aliphatic rings. The molecular weight excluding hydrogens is 316 g/mol. The molecule has 1 aliphatic heterocycles. The molecule has 1 aliphatic carbocycles. The number of rotatable bonds is 5. The fourth-order valence-electron chi connectivity index (χ4n) is 3.05. The number of aromatic nitrogens is 2. The number of nitrogens with zero attached hydrogens (tertiary/aromatic N) is 3. The monoisotopic (exact) mass is 340 g/mol. The van der Waals surface area contributed by atoms with Gasteiger partial charge in [0, 0.05) is 18.8 Å². The molecule has 0 radical (unpaired) electrons. The largest absolute Gasteiger partial charge is 0.353 e. The van der Waals surface area contributed by atoms with Crippen LogP contribution >= 0.6 is 0 Å². The van der Waals surface area contributed by atoms with Crippen LogP contribution in [0.15, 0.2) is 12.3 Å². The number of amides is 1. The first-order valence-electron chi connectivity index (χ1n) is 8.18. The van der Waals surface area contributed by atoms with E-state index in [-0.39, 0.29) is 18.4 Å². The van der Waals surface area contributed by atoms with Crippen LogP contribution in [0.2, 0.25) is 0 Å². The van der Waals surface area contributed by atoms with Crippen molar-refractivity contribution in [3.63, 3.8) is 0 Å². The topological polar surface area (TPSA) is 84.3 Å². The normalized spacial score (nSPS) is 22.7. The molecule has 1 atom stereocenters. The molecule has 23 heavy (non-hydrogen) atoms. The fraction of sp³-hybridized carbons (Fsp3) is 0.733. The molecular formula is C15H24N4O3S. The van der Waals surface area contributed by atoms with Crippen LogP contribution < -0.4 is 5.32 Å². The van der Waals surface area contributed by atoms with Crippen molar-refractivity contribution in [1.29, 1.82) is 0 Å². The number of hydrogen-bond acceptors (Lipinski definition) is 4. The van der Waals surface area contributed by atoms with Crippen molar-refractivity contribution in [3.05, 3.63) is 18.0 Å². The van der Waals surface area contributed by atoms with Crippen LogP contribution in [0.5, 0.6) is 0 Å². The molecule has 0 spiro atoms. The number of nitrogens with one attached hydrogen (secondary N) is 1. The van der Waals surface area contributed by atoms with Gasteiger partial charge in [-0.3, -0.25) is 9.48 Å². The maximum atomic E-state index is 12.5. The summed E-state index contributed by atoms with van der Waals surface area (Å²) >= 11 is 0. The predicted molar refractivity (Wildman–Crippen MR) is 86.1 cm³/mol. The lowest BCUT2D eigenvalue weighted by Gasteiger charge is -2.34. The van der Waals surface area contributed by atoms with Crippen molar-refractivity contribution in [2.75, 3.05) is 6.54 Å². The minimum atomic E-state index is -3.35. The average Bonchev–Trinajstić information content (AvgIpc) is 2.91. The van der Waals surface area contributed by atoms with Crippen LogP contribution in [0, 0.1) is 0 Å². The predicted octanol–water partition coefficient (Wildman–Crippen LogP) is 1.04. The number of hydrogen-bond donors (Lipinski definition) is 1. The van der Waals surface area contributed by atoms with Crippen molar-refractivity contribution < 1.29 is 13.2 Å². The van der Waals surface area contributed by atoms with E-state index in [1.807, 2.05) is 6.07 Å². The maximum Gasteiger partial charge on any atom is 0.222 e. The van der Waals surface area contributed by atoms with Crippen LogP contribution in [0.4, 0.5) is 0 Å². The van der Waals surface area contributed by atoms with Crippen LogP contribution in [0.3, 0.4) is 0 Å². The van der Waals surface area contributed by atoms with Crippen LogP contribution in [-0.2, 0) is 21.4 Å². The lowest BCUT2D eigenvalue weighted by molar-refractivity contribution is -0.123. The summed E-state index contributed by atoms with van der Waals surface area (Å²) in [6.07, 6.45) is 5.17. The van der Waals surface area contributed by atoms with Gasteiger partial charge in [-0.2, -0.15) is 9.40 Å². The van der Waals surface area contributed by atoms with Gasteiger partial charge in [-0.1, -0.05) is 0 Å². The molecule has 1 saturated carbocycles. The van der Waals surface area contributed by atoms with E-state index in [0.717, 1.165) is 25.0 Å². The van der Waals surface area contributed by atoms with Crippen molar-refractivity contribution in [3.8, 4) is 0 Å². The van der Waals surface area contributed by atoms with Crippen molar-refractivity contribution in [1.82, 2.24) is 19.4 Å². The zero-order valence-electron chi connectivity index (χ0n) is 13.6. The molecule has 0 aromatic carbocycles. The number of sulfonamides is 1. The molecule has 0 saturated heterocycles. The lowest BCUT2D eigenvalue weighted by Crippen LogP contribution is -2.46. The third-order valence-corrected chi connectivity index (χ3v) is 6.89. The van der Waals surface area contributed by atoms with Gasteiger partial charge in [-0.15, -0.1) is 0 Å². The summed E-state index contributed by atoms with van der Waals surface area (Å²) in [6.45, 7) is 3.98. The van der Waals surface area contributed by atoms with Crippen molar-refractivity contribution in [2.45, 2.75) is 63.4 Å². The smallest absolute Gasteiger partial charge is 0.222 e. The van der Waals surface area contributed by atoms with E-state index < -0.39 is 15.3 Å². The molecule has 1 aromatic rings. The summed E-state index contributed by atoms with van der Waals surface area (Å²) in [4.78, 5) is 12.2. The third kappa shape index (κ3) is 3.28. The Bertz CT molecular complexity index is 679. The summed E-state index contributed by atoms with van der Waals surface area (Å²) < 4.78 is 28.2. The van der Waals surface area contributed by atoms with E-state index in [1.165, 1.54) is 4.31 Å². The maximum absolute atomic E-state index is 12.5. The SMILES string of the molecule is CC(C)S(=O)(=O)N1Cc2ccnn2[C@H](CC(=O)NC2CCC2)C1.